The average Bonchev–Trinajstić information content (AvgIpc) is 2.02. The number of hydrogen-bond acceptors (Lipinski definition) is 3. The Kier molecular flexibility index (Phi) is 1.88. The van der Waals surface area contributed by atoms with Gasteiger partial charge in [-0.3, -0.25) is 0 Å². The minimum atomic E-state index is -0.297. The first-order valence-corrected chi connectivity index (χ1v) is 4.42. The van der Waals surface area contributed by atoms with Crippen molar-refractivity contribution < 1.29 is 4.42 Å². The van der Waals surface area contributed by atoms with Gasteiger partial charge in [-0.25, -0.2) is 4.79 Å². The van der Waals surface area contributed by atoms with Crippen LogP contribution in [0.2, 0.25) is 0 Å². The second-order valence-corrected chi connectivity index (χ2v) is 3.59. The molecular weight excluding hydrogens is 184 g/mol. The summed E-state index contributed by atoms with van der Waals surface area (Å²) >= 11 is 5.02. The molecule has 0 aliphatic heterocycles. The highest BCUT2D eigenvalue weighted by molar-refractivity contribution is 7.80. The van der Waals surface area contributed by atoms with Crippen LogP contribution in [0.25, 0.3) is 6.08 Å². The molecule has 0 unspecified atom stereocenters. The van der Waals surface area contributed by atoms with Gasteiger partial charge < -0.3 is 4.42 Å². The van der Waals surface area contributed by atoms with Crippen molar-refractivity contribution in [2.75, 3.05) is 0 Å². The molecule has 1 aliphatic rings. The van der Waals surface area contributed by atoms with Crippen LogP contribution in [-0.2, 0) is 6.42 Å². The maximum atomic E-state index is 11.0. The highest BCUT2D eigenvalue weighted by Crippen LogP contribution is 2.19. The number of fused-ring (bicyclic) bond motifs is 1. The van der Waals surface area contributed by atoms with Gasteiger partial charge in [-0.15, -0.1) is 0 Å². The summed E-state index contributed by atoms with van der Waals surface area (Å²) in [5.41, 5.74) is 1.65. The minimum absolute atomic E-state index is 0.297. The number of aryl methyl sites for hydroxylation is 1. The van der Waals surface area contributed by atoms with Gasteiger partial charge in [0.05, 0.1) is 0 Å². The van der Waals surface area contributed by atoms with E-state index in [0.29, 0.717) is 12.2 Å². The van der Waals surface area contributed by atoms with Crippen molar-refractivity contribution in [1.82, 2.24) is 0 Å². The van der Waals surface area contributed by atoms with Gasteiger partial charge in [-0.1, -0.05) is 18.3 Å². The Balaban J connectivity index is 2.69. The van der Waals surface area contributed by atoms with Crippen LogP contribution in [0.3, 0.4) is 0 Å². The molecule has 0 aromatic carbocycles. The van der Waals surface area contributed by atoms with Crippen LogP contribution >= 0.6 is 12.2 Å². The number of rotatable bonds is 0. The molecule has 13 heavy (non-hydrogen) atoms. The van der Waals surface area contributed by atoms with Gasteiger partial charge in [-0.05, 0) is 18.6 Å². The summed E-state index contributed by atoms with van der Waals surface area (Å²) in [4.78, 5) is 11.8. The van der Waals surface area contributed by atoms with Crippen LogP contribution in [0.4, 0.5) is 0 Å². The summed E-state index contributed by atoms with van der Waals surface area (Å²) in [7, 11) is 0. The highest BCUT2D eigenvalue weighted by atomic mass is 32.1. The first kappa shape index (κ1) is 8.38. The molecular formula is C10H8O2S. The standard InChI is InChI=1S/C10H8O2S/c1-6-4-10(11)12-9-5-7(13)2-3-8(6)9/h2-4H,5H2,1H3. The summed E-state index contributed by atoms with van der Waals surface area (Å²) in [6, 6.07) is 1.50. The molecule has 2 nitrogen and oxygen atoms in total. The first-order valence-electron chi connectivity index (χ1n) is 4.01. The van der Waals surface area contributed by atoms with Gasteiger partial charge in [0, 0.05) is 22.9 Å². The summed E-state index contributed by atoms with van der Waals surface area (Å²) in [5, 5.41) is 0. The lowest BCUT2D eigenvalue weighted by molar-refractivity contribution is 0.470. The maximum absolute atomic E-state index is 11.0. The molecule has 0 radical (unpaired) electrons. The predicted molar refractivity (Wildman–Crippen MR) is 55.1 cm³/mol. The van der Waals surface area contributed by atoms with Crippen molar-refractivity contribution in [3.8, 4) is 0 Å². The van der Waals surface area contributed by atoms with Gasteiger partial charge in [0.2, 0.25) is 0 Å². The van der Waals surface area contributed by atoms with E-state index in [9.17, 15) is 4.79 Å². The smallest absolute Gasteiger partial charge is 0.336 e. The largest absolute Gasteiger partial charge is 0.427 e. The zero-order chi connectivity index (χ0) is 9.42. The van der Waals surface area contributed by atoms with Crippen molar-refractivity contribution in [2.24, 2.45) is 0 Å². The van der Waals surface area contributed by atoms with E-state index >= 15 is 0 Å². The first-order chi connectivity index (χ1) is 6.16. The van der Waals surface area contributed by atoms with E-state index in [4.69, 9.17) is 16.6 Å². The molecule has 0 N–H and O–H groups in total. The Morgan fingerprint density at radius 2 is 2.23 bits per heavy atom. The van der Waals surface area contributed by atoms with Gasteiger partial charge in [-0.2, -0.15) is 0 Å². The zero-order valence-corrected chi connectivity index (χ0v) is 7.98. The van der Waals surface area contributed by atoms with Gasteiger partial charge in [0.25, 0.3) is 0 Å². The third kappa shape index (κ3) is 1.47. The van der Waals surface area contributed by atoms with Crippen LogP contribution in [0.5, 0.6) is 0 Å². The lowest BCUT2D eigenvalue weighted by atomic mass is 10.0. The van der Waals surface area contributed by atoms with Gasteiger partial charge in [0.1, 0.15) is 5.76 Å². The second-order valence-electron chi connectivity index (χ2n) is 3.06. The quantitative estimate of drug-likeness (QED) is 0.588. The molecule has 2 rings (SSSR count). The summed E-state index contributed by atoms with van der Waals surface area (Å²) in [5.74, 6) is 0.692. The van der Waals surface area contributed by atoms with Crippen LogP contribution in [-0.4, -0.2) is 4.86 Å². The summed E-state index contributed by atoms with van der Waals surface area (Å²) < 4.78 is 5.06. The van der Waals surface area contributed by atoms with Crippen molar-refractivity contribution in [3.63, 3.8) is 0 Å². The Bertz CT molecular complexity index is 454. The lowest BCUT2D eigenvalue weighted by Gasteiger charge is -2.10. The molecule has 0 bridgehead atoms. The molecule has 0 spiro atoms. The normalized spacial score (nSPS) is 14.4. The molecule has 0 fully saturated rings. The third-order valence-electron chi connectivity index (χ3n) is 2.05. The van der Waals surface area contributed by atoms with Gasteiger partial charge in [0.15, 0.2) is 0 Å². The molecule has 1 aliphatic carbocycles. The summed E-state index contributed by atoms with van der Waals surface area (Å²) in [6.45, 7) is 1.90. The monoisotopic (exact) mass is 192 g/mol. The van der Waals surface area contributed by atoms with E-state index in [1.807, 2.05) is 19.1 Å². The predicted octanol–water partition coefficient (Wildman–Crippen LogP) is 1.89. The van der Waals surface area contributed by atoms with E-state index in [1.54, 1.807) is 0 Å². The number of allylic oxidation sites excluding steroid dienone is 1. The van der Waals surface area contributed by atoms with Gasteiger partial charge >= 0.3 is 5.63 Å². The molecule has 1 aromatic heterocycles. The van der Waals surface area contributed by atoms with Crippen molar-refractivity contribution in [1.29, 1.82) is 0 Å². The SMILES string of the molecule is Cc1cc(=O)oc2c1C=CC(=S)C2. The Morgan fingerprint density at radius 3 is 3.00 bits per heavy atom. The highest BCUT2D eigenvalue weighted by Gasteiger charge is 2.12. The fraction of sp³-hybridized carbons (Fsp3) is 0.200. The number of hydrogen-bond donors (Lipinski definition) is 0. The van der Waals surface area contributed by atoms with E-state index in [-0.39, 0.29) is 5.63 Å². The zero-order valence-electron chi connectivity index (χ0n) is 7.16. The Morgan fingerprint density at radius 1 is 1.46 bits per heavy atom. The summed E-state index contributed by atoms with van der Waals surface area (Å²) in [6.07, 6.45) is 4.35. The van der Waals surface area contributed by atoms with Crippen molar-refractivity contribution in [3.05, 3.63) is 39.4 Å². The third-order valence-corrected chi connectivity index (χ3v) is 2.33. The average molecular weight is 192 g/mol. The fourth-order valence-corrected chi connectivity index (χ4v) is 1.63. The molecule has 1 heterocycles. The molecule has 1 aromatic rings. The molecule has 3 heteroatoms. The molecule has 0 amide bonds. The second kappa shape index (κ2) is 2.92. The van der Waals surface area contributed by atoms with Crippen LogP contribution in [0.15, 0.2) is 21.4 Å². The molecule has 0 saturated carbocycles. The molecule has 0 saturated heterocycles. The maximum Gasteiger partial charge on any atom is 0.336 e. The molecule has 0 atom stereocenters. The van der Waals surface area contributed by atoms with E-state index in [1.165, 1.54) is 6.07 Å². The van der Waals surface area contributed by atoms with E-state index in [0.717, 1.165) is 16.0 Å². The van der Waals surface area contributed by atoms with Crippen LogP contribution in [0.1, 0.15) is 16.9 Å². The van der Waals surface area contributed by atoms with Crippen LogP contribution < -0.4 is 5.63 Å². The molecule has 66 valence electrons. The minimum Gasteiger partial charge on any atom is -0.427 e. The number of thiocarbonyl (C=S) groups is 1. The van der Waals surface area contributed by atoms with Crippen LogP contribution in [0, 0.1) is 6.92 Å². The lowest BCUT2D eigenvalue weighted by Crippen LogP contribution is -2.10. The van der Waals surface area contributed by atoms with Crippen molar-refractivity contribution in [2.45, 2.75) is 13.3 Å². The van der Waals surface area contributed by atoms with Crippen molar-refractivity contribution >= 4 is 23.2 Å². The fourth-order valence-electron chi connectivity index (χ4n) is 1.43. The topological polar surface area (TPSA) is 30.2 Å². The Hall–Kier alpha value is -1.22. The van der Waals surface area contributed by atoms with E-state index in [2.05, 4.69) is 0 Å². The van der Waals surface area contributed by atoms with E-state index < -0.39 is 0 Å². The Labute approximate surface area is 80.9 Å².